The predicted molar refractivity (Wildman–Crippen MR) is 75.8 cm³/mol. The van der Waals surface area contributed by atoms with Crippen molar-refractivity contribution in [3.05, 3.63) is 29.8 Å². The maximum Gasteiger partial charge on any atom is 0.124 e. The maximum atomic E-state index is 5.83. The third kappa shape index (κ3) is 4.34. The van der Waals surface area contributed by atoms with Gasteiger partial charge in [-0.2, -0.15) is 0 Å². The van der Waals surface area contributed by atoms with E-state index in [9.17, 15) is 0 Å². The number of benzene rings is 1. The summed E-state index contributed by atoms with van der Waals surface area (Å²) in [5.74, 6) is 1.99. The van der Waals surface area contributed by atoms with E-state index in [1.807, 2.05) is 6.07 Å². The average Bonchev–Trinajstić information content (AvgIpc) is 3.11. The van der Waals surface area contributed by atoms with E-state index in [1.54, 1.807) is 0 Å². The van der Waals surface area contributed by atoms with Gasteiger partial charge in [-0.1, -0.05) is 31.0 Å². The molecular weight excluding hydrogens is 222 g/mol. The van der Waals surface area contributed by atoms with Crippen LogP contribution in [0.5, 0.6) is 5.75 Å². The molecule has 1 unspecified atom stereocenters. The molecule has 0 aromatic heterocycles. The van der Waals surface area contributed by atoms with Crippen molar-refractivity contribution in [3.8, 4) is 5.75 Å². The number of hydrogen-bond donors (Lipinski definition) is 1. The highest BCUT2D eigenvalue weighted by atomic mass is 16.5. The minimum Gasteiger partial charge on any atom is -0.491 e. The van der Waals surface area contributed by atoms with Crippen LogP contribution in [-0.4, -0.2) is 12.1 Å². The van der Waals surface area contributed by atoms with Gasteiger partial charge in [0.2, 0.25) is 0 Å². The smallest absolute Gasteiger partial charge is 0.124 e. The summed E-state index contributed by atoms with van der Waals surface area (Å²) in [7, 11) is 0. The van der Waals surface area contributed by atoms with Gasteiger partial charge in [0, 0.05) is 18.2 Å². The van der Waals surface area contributed by atoms with Gasteiger partial charge in [-0.15, -0.1) is 0 Å². The van der Waals surface area contributed by atoms with Crippen molar-refractivity contribution in [2.75, 3.05) is 0 Å². The zero-order chi connectivity index (χ0) is 13.0. The fourth-order valence-corrected chi connectivity index (χ4v) is 2.24. The second-order valence-corrected chi connectivity index (χ2v) is 5.74. The lowest BCUT2D eigenvalue weighted by Gasteiger charge is -2.17. The number of ether oxygens (including phenoxy) is 1. The van der Waals surface area contributed by atoms with E-state index >= 15 is 0 Å². The Morgan fingerprint density at radius 1 is 1.22 bits per heavy atom. The molecule has 1 atom stereocenters. The van der Waals surface area contributed by atoms with E-state index < -0.39 is 0 Å². The fourth-order valence-electron chi connectivity index (χ4n) is 2.24. The van der Waals surface area contributed by atoms with Crippen LogP contribution in [0.15, 0.2) is 24.3 Å². The Balaban J connectivity index is 1.86. The molecule has 0 saturated heterocycles. The topological polar surface area (TPSA) is 21.3 Å². The van der Waals surface area contributed by atoms with Gasteiger partial charge in [0.1, 0.15) is 5.75 Å². The minimum absolute atomic E-state index is 0.232. The standard InChI is InChI=1S/C16H25NO/c1-12(2)18-16-7-5-4-6-15(16)11-17-13(3)10-14-8-9-14/h4-7,12-14,17H,8-11H2,1-3H3. The summed E-state index contributed by atoms with van der Waals surface area (Å²) in [6.45, 7) is 7.32. The molecule has 0 aliphatic heterocycles. The molecule has 0 heterocycles. The maximum absolute atomic E-state index is 5.83. The van der Waals surface area contributed by atoms with Gasteiger partial charge in [0.25, 0.3) is 0 Å². The Labute approximate surface area is 111 Å². The van der Waals surface area contributed by atoms with Crippen LogP contribution in [0.3, 0.4) is 0 Å². The molecule has 18 heavy (non-hydrogen) atoms. The Hall–Kier alpha value is -1.02. The molecule has 0 bridgehead atoms. The lowest BCUT2D eigenvalue weighted by molar-refractivity contribution is 0.239. The van der Waals surface area contributed by atoms with Gasteiger partial charge in [-0.3, -0.25) is 0 Å². The summed E-state index contributed by atoms with van der Waals surface area (Å²) >= 11 is 0. The first kappa shape index (κ1) is 13.4. The first-order valence-electron chi connectivity index (χ1n) is 7.13. The lowest BCUT2D eigenvalue weighted by atomic mass is 10.1. The SMILES string of the molecule is CC(CC1CC1)NCc1ccccc1OC(C)C. The Morgan fingerprint density at radius 3 is 2.61 bits per heavy atom. The quantitative estimate of drug-likeness (QED) is 0.792. The number of hydrogen-bond acceptors (Lipinski definition) is 2. The molecule has 0 spiro atoms. The number of nitrogens with one attached hydrogen (secondary N) is 1. The molecule has 1 aromatic rings. The summed E-state index contributed by atoms with van der Waals surface area (Å²) in [6, 6.07) is 8.92. The largest absolute Gasteiger partial charge is 0.491 e. The molecule has 1 aliphatic carbocycles. The van der Waals surface area contributed by atoms with Crippen LogP contribution >= 0.6 is 0 Å². The van der Waals surface area contributed by atoms with Crippen molar-refractivity contribution in [2.24, 2.45) is 5.92 Å². The van der Waals surface area contributed by atoms with Crippen molar-refractivity contribution in [3.63, 3.8) is 0 Å². The lowest BCUT2D eigenvalue weighted by Crippen LogP contribution is -2.26. The Kier molecular flexibility index (Phi) is 4.65. The fraction of sp³-hybridized carbons (Fsp3) is 0.625. The zero-order valence-electron chi connectivity index (χ0n) is 11.8. The van der Waals surface area contributed by atoms with E-state index in [0.29, 0.717) is 6.04 Å². The van der Waals surface area contributed by atoms with Crippen LogP contribution in [0, 0.1) is 5.92 Å². The van der Waals surface area contributed by atoms with Crippen LogP contribution in [0.4, 0.5) is 0 Å². The summed E-state index contributed by atoms with van der Waals surface area (Å²) in [4.78, 5) is 0. The van der Waals surface area contributed by atoms with E-state index in [1.165, 1.54) is 24.8 Å². The Bertz CT molecular complexity index is 371. The van der Waals surface area contributed by atoms with Crippen molar-refractivity contribution >= 4 is 0 Å². The van der Waals surface area contributed by atoms with Gasteiger partial charge >= 0.3 is 0 Å². The second-order valence-electron chi connectivity index (χ2n) is 5.74. The van der Waals surface area contributed by atoms with E-state index in [2.05, 4.69) is 44.3 Å². The molecule has 2 rings (SSSR count). The van der Waals surface area contributed by atoms with Gasteiger partial charge < -0.3 is 10.1 Å². The van der Waals surface area contributed by atoms with Crippen molar-refractivity contribution in [1.29, 1.82) is 0 Å². The van der Waals surface area contributed by atoms with Crippen LogP contribution < -0.4 is 10.1 Å². The summed E-state index contributed by atoms with van der Waals surface area (Å²) in [5.41, 5.74) is 1.26. The van der Waals surface area contributed by atoms with Gasteiger partial charge in [0.15, 0.2) is 0 Å². The van der Waals surface area contributed by atoms with Gasteiger partial charge in [-0.25, -0.2) is 0 Å². The first-order chi connectivity index (χ1) is 8.65. The van der Waals surface area contributed by atoms with Gasteiger partial charge in [0.05, 0.1) is 6.10 Å². The van der Waals surface area contributed by atoms with Crippen LogP contribution in [0.2, 0.25) is 0 Å². The highest BCUT2D eigenvalue weighted by Gasteiger charge is 2.23. The highest BCUT2D eigenvalue weighted by Crippen LogP contribution is 2.33. The molecule has 1 fully saturated rings. The van der Waals surface area contributed by atoms with Crippen molar-refractivity contribution in [2.45, 2.75) is 58.7 Å². The molecule has 1 N–H and O–H groups in total. The number of rotatable bonds is 7. The van der Waals surface area contributed by atoms with Crippen LogP contribution in [0.25, 0.3) is 0 Å². The number of para-hydroxylation sites is 1. The molecular formula is C16H25NO. The molecule has 2 heteroatoms. The third-order valence-electron chi connectivity index (χ3n) is 3.36. The first-order valence-corrected chi connectivity index (χ1v) is 7.13. The van der Waals surface area contributed by atoms with E-state index in [-0.39, 0.29) is 6.10 Å². The molecule has 1 aromatic carbocycles. The predicted octanol–water partition coefficient (Wildman–Crippen LogP) is 3.75. The Morgan fingerprint density at radius 2 is 1.94 bits per heavy atom. The van der Waals surface area contributed by atoms with Gasteiger partial charge in [-0.05, 0) is 39.2 Å². The summed E-state index contributed by atoms with van der Waals surface area (Å²) in [6.07, 6.45) is 4.40. The summed E-state index contributed by atoms with van der Waals surface area (Å²) in [5, 5.41) is 3.60. The van der Waals surface area contributed by atoms with E-state index in [4.69, 9.17) is 4.74 Å². The average molecular weight is 247 g/mol. The summed E-state index contributed by atoms with van der Waals surface area (Å²) < 4.78 is 5.83. The van der Waals surface area contributed by atoms with Crippen molar-refractivity contribution in [1.82, 2.24) is 5.32 Å². The zero-order valence-corrected chi connectivity index (χ0v) is 11.8. The van der Waals surface area contributed by atoms with Crippen LogP contribution in [-0.2, 0) is 6.54 Å². The second kappa shape index (κ2) is 6.24. The normalized spacial score (nSPS) is 16.9. The highest BCUT2D eigenvalue weighted by molar-refractivity contribution is 5.33. The molecule has 1 saturated carbocycles. The molecule has 2 nitrogen and oxygen atoms in total. The van der Waals surface area contributed by atoms with E-state index in [0.717, 1.165) is 18.2 Å². The molecule has 0 radical (unpaired) electrons. The molecule has 100 valence electrons. The minimum atomic E-state index is 0.232. The third-order valence-corrected chi connectivity index (χ3v) is 3.36. The van der Waals surface area contributed by atoms with Crippen LogP contribution in [0.1, 0.15) is 45.6 Å². The van der Waals surface area contributed by atoms with Crippen molar-refractivity contribution < 1.29 is 4.74 Å². The molecule has 1 aliphatic rings. The molecule has 0 amide bonds. The monoisotopic (exact) mass is 247 g/mol.